The summed E-state index contributed by atoms with van der Waals surface area (Å²) in [6.45, 7) is 3.35. The summed E-state index contributed by atoms with van der Waals surface area (Å²) in [4.78, 5) is 12.8. The molecule has 0 unspecified atom stereocenters. The standard InChI is InChI=1S/C17H22BrClO3/c1-3-7-14-8-4-5-10-16(19)17(22-14)12-15(9-6-11-18)21-13(2)20/h3-5,7,9,11,14-17H,8,10,12H2,1-2H3/b5-4-,7-3+/t6?,14-,15+,16+,17+/m0/s1. The molecule has 0 N–H and O–H groups in total. The van der Waals surface area contributed by atoms with E-state index >= 15 is 0 Å². The monoisotopic (exact) mass is 388 g/mol. The highest BCUT2D eigenvalue weighted by Crippen LogP contribution is 2.24. The summed E-state index contributed by atoms with van der Waals surface area (Å²) in [5.74, 6) is -0.334. The van der Waals surface area contributed by atoms with E-state index in [1.807, 2.05) is 19.1 Å². The molecule has 1 rings (SSSR count). The Morgan fingerprint density at radius 2 is 2.27 bits per heavy atom. The first-order valence-corrected chi connectivity index (χ1v) is 8.67. The van der Waals surface area contributed by atoms with Crippen LogP contribution in [0.15, 0.2) is 41.1 Å². The number of carbonyl (C=O) groups excluding carboxylic acids is 1. The normalized spacial score (nSPS) is 28.1. The van der Waals surface area contributed by atoms with Crippen LogP contribution in [-0.4, -0.2) is 29.7 Å². The first-order chi connectivity index (χ1) is 10.6. The molecule has 3 nitrogen and oxygen atoms in total. The average Bonchev–Trinajstić information content (AvgIpc) is 2.45. The number of carbonyl (C=O) groups is 1. The van der Waals surface area contributed by atoms with Gasteiger partial charge in [0.05, 0.1) is 17.6 Å². The van der Waals surface area contributed by atoms with Crippen molar-refractivity contribution in [1.29, 1.82) is 0 Å². The average molecular weight is 390 g/mol. The number of esters is 1. The highest BCUT2D eigenvalue weighted by molar-refractivity contribution is 9.11. The molecule has 1 heterocycles. The minimum atomic E-state index is -0.410. The molecule has 122 valence electrons. The van der Waals surface area contributed by atoms with Crippen molar-refractivity contribution in [2.24, 2.45) is 0 Å². The number of alkyl halides is 1. The Bertz CT molecular complexity index is 467. The number of ether oxygens (including phenoxy) is 2. The van der Waals surface area contributed by atoms with Gasteiger partial charge < -0.3 is 9.47 Å². The van der Waals surface area contributed by atoms with Gasteiger partial charge in [0, 0.05) is 18.3 Å². The van der Waals surface area contributed by atoms with E-state index in [0.717, 1.165) is 12.8 Å². The van der Waals surface area contributed by atoms with Gasteiger partial charge in [-0.25, -0.2) is 0 Å². The summed E-state index contributed by atoms with van der Waals surface area (Å²) in [6, 6.07) is 0. The summed E-state index contributed by atoms with van der Waals surface area (Å²) >= 11 is 9.60. The second-order valence-electron chi connectivity index (χ2n) is 5.02. The number of hydrogen-bond acceptors (Lipinski definition) is 3. The fourth-order valence-electron chi connectivity index (χ4n) is 2.25. The fraction of sp³-hybridized carbons (Fsp3) is 0.529. The smallest absolute Gasteiger partial charge is 0.303 e. The number of hydrogen-bond donors (Lipinski definition) is 0. The Morgan fingerprint density at radius 3 is 2.91 bits per heavy atom. The minimum Gasteiger partial charge on any atom is -0.458 e. The summed E-state index contributed by atoms with van der Waals surface area (Å²) in [5, 5.41) is -0.163. The predicted octanol–water partition coefficient (Wildman–Crippen LogP) is 4.66. The van der Waals surface area contributed by atoms with Crippen LogP contribution in [0.1, 0.15) is 33.1 Å². The highest BCUT2D eigenvalue weighted by atomic mass is 79.9. The molecule has 0 aromatic carbocycles. The maximum atomic E-state index is 11.2. The Balaban J connectivity index is 2.84. The third-order valence-electron chi connectivity index (χ3n) is 3.18. The van der Waals surface area contributed by atoms with E-state index in [4.69, 9.17) is 21.1 Å². The van der Waals surface area contributed by atoms with Gasteiger partial charge in [-0.1, -0.05) is 40.2 Å². The third-order valence-corrected chi connectivity index (χ3v) is 3.91. The Hall–Kier alpha value is -0.800. The van der Waals surface area contributed by atoms with Crippen LogP contribution in [0.3, 0.4) is 0 Å². The van der Waals surface area contributed by atoms with Gasteiger partial charge in [-0.15, -0.1) is 17.3 Å². The van der Waals surface area contributed by atoms with Crippen molar-refractivity contribution in [2.75, 3.05) is 0 Å². The predicted molar refractivity (Wildman–Crippen MR) is 93.2 cm³/mol. The van der Waals surface area contributed by atoms with E-state index in [0.29, 0.717) is 6.42 Å². The van der Waals surface area contributed by atoms with Crippen LogP contribution in [0.5, 0.6) is 0 Å². The van der Waals surface area contributed by atoms with Crippen molar-refractivity contribution in [3.8, 4) is 0 Å². The molecule has 0 saturated carbocycles. The van der Waals surface area contributed by atoms with E-state index in [1.165, 1.54) is 6.92 Å². The molecule has 22 heavy (non-hydrogen) atoms. The molecule has 4 atom stereocenters. The molecule has 1 aliphatic heterocycles. The third kappa shape index (κ3) is 7.46. The quantitative estimate of drug-likeness (QED) is 0.297. The van der Waals surface area contributed by atoms with Gasteiger partial charge in [-0.05, 0) is 25.8 Å². The van der Waals surface area contributed by atoms with E-state index < -0.39 is 6.10 Å². The van der Waals surface area contributed by atoms with Gasteiger partial charge in [0.2, 0.25) is 0 Å². The molecule has 0 radical (unpaired) electrons. The molecule has 0 spiro atoms. The van der Waals surface area contributed by atoms with Crippen molar-refractivity contribution in [1.82, 2.24) is 0 Å². The van der Waals surface area contributed by atoms with Gasteiger partial charge >= 0.3 is 5.97 Å². The first kappa shape index (κ1) is 19.2. The topological polar surface area (TPSA) is 35.5 Å². The number of halogens is 2. The number of rotatable bonds is 5. The van der Waals surface area contributed by atoms with Crippen molar-refractivity contribution in [3.63, 3.8) is 0 Å². The zero-order chi connectivity index (χ0) is 16.4. The van der Waals surface area contributed by atoms with Crippen LogP contribution in [0, 0.1) is 0 Å². The van der Waals surface area contributed by atoms with E-state index in [1.54, 1.807) is 11.1 Å². The van der Waals surface area contributed by atoms with Crippen molar-refractivity contribution < 1.29 is 14.3 Å². The maximum Gasteiger partial charge on any atom is 0.303 e. The second kappa shape index (κ2) is 10.8. The van der Waals surface area contributed by atoms with Crippen LogP contribution < -0.4 is 0 Å². The van der Waals surface area contributed by atoms with Gasteiger partial charge in [0.25, 0.3) is 0 Å². The summed E-state index contributed by atoms with van der Waals surface area (Å²) in [5.41, 5.74) is 2.89. The maximum absolute atomic E-state index is 11.2. The second-order valence-corrected chi connectivity index (χ2v) is 6.04. The molecule has 0 amide bonds. The molecule has 0 bridgehead atoms. The lowest BCUT2D eigenvalue weighted by atomic mass is 10.0. The molecule has 0 aliphatic carbocycles. The lowest BCUT2D eigenvalue weighted by molar-refractivity contribution is -0.145. The van der Waals surface area contributed by atoms with Crippen LogP contribution >= 0.6 is 27.5 Å². The lowest BCUT2D eigenvalue weighted by Gasteiger charge is -2.29. The molecule has 0 fully saturated rings. The Kier molecular flexibility index (Phi) is 9.49. The Morgan fingerprint density at radius 1 is 1.55 bits per heavy atom. The first-order valence-electron chi connectivity index (χ1n) is 7.32. The van der Waals surface area contributed by atoms with Gasteiger partial charge in [-0.3, -0.25) is 4.79 Å². The zero-order valence-electron chi connectivity index (χ0n) is 12.9. The zero-order valence-corrected chi connectivity index (χ0v) is 15.2. The Labute approximate surface area is 145 Å². The molecular formula is C17H22BrClO3. The van der Waals surface area contributed by atoms with Crippen molar-refractivity contribution in [3.05, 3.63) is 41.1 Å². The molecule has 0 aromatic heterocycles. The van der Waals surface area contributed by atoms with Crippen LogP contribution in [0.25, 0.3) is 0 Å². The van der Waals surface area contributed by atoms with Gasteiger partial charge in [0.15, 0.2) is 0 Å². The molecule has 5 heteroatoms. The van der Waals surface area contributed by atoms with Crippen molar-refractivity contribution in [2.45, 2.75) is 56.8 Å². The molecule has 0 saturated heterocycles. The van der Waals surface area contributed by atoms with Crippen molar-refractivity contribution >= 4 is 33.5 Å². The minimum absolute atomic E-state index is 0.0125. The van der Waals surface area contributed by atoms with E-state index in [2.05, 4.69) is 33.8 Å². The summed E-state index contributed by atoms with van der Waals surface area (Å²) in [7, 11) is 0. The van der Waals surface area contributed by atoms with E-state index in [9.17, 15) is 4.79 Å². The highest BCUT2D eigenvalue weighted by Gasteiger charge is 2.27. The number of allylic oxidation sites excluding steroid dienone is 2. The SMILES string of the molecule is C/C=C/[C@H]1C/C=C\C[C@@H](Cl)[C@@H](C[C@@H](C=C=CBr)OC(C)=O)O1. The molecule has 0 aromatic rings. The van der Waals surface area contributed by atoms with E-state index in [-0.39, 0.29) is 23.6 Å². The molecule has 1 aliphatic rings. The van der Waals surface area contributed by atoms with Gasteiger partial charge in [0.1, 0.15) is 6.10 Å². The van der Waals surface area contributed by atoms with Crippen LogP contribution in [0.2, 0.25) is 0 Å². The van der Waals surface area contributed by atoms with Crippen LogP contribution in [0.4, 0.5) is 0 Å². The fourth-order valence-corrected chi connectivity index (χ4v) is 2.67. The largest absolute Gasteiger partial charge is 0.458 e. The van der Waals surface area contributed by atoms with Gasteiger partial charge in [-0.2, -0.15) is 0 Å². The lowest BCUT2D eigenvalue weighted by Crippen LogP contribution is -2.34. The summed E-state index contributed by atoms with van der Waals surface area (Å²) < 4.78 is 11.4. The summed E-state index contributed by atoms with van der Waals surface area (Å²) in [6.07, 6.45) is 11.3. The van der Waals surface area contributed by atoms with Crippen LogP contribution in [-0.2, 0) is 14.3 Å². The molecular weight excluding hydrogens is 368 g/mol.